The van der Waals surface area contributed by atoms with E-state index in [1.807, 2.05) is 35.8 Å². The smallest absolute Gasteiger partial charge is 0.323 e. The number of thiophene rings is 1. The van der Waals surface area contributed by atoms with Gasteiger partial charge >= 0.3 is 6.01 Å². The number of ether oxygens (including phenoxy) is 1. The summed E-state index contributed by atoms with van der Waals surface area (Å²) >= 11 is 3.27. The Hall–Kier alpha value is -3.48. The molecule has 6 rings (SSSR count). The molecule has 222 valence electrons. The van der Waals surface area contributed by atoms with Crippen molar-refractivity contribution in [1.29, 1.82) is 5.26 Å². The zero-order valence-electron chi connectivity index (χ0n) is 23.3. The summed E-state index contributed by atoms with van der Waals surface area (Å²) in [4.78, 5) is 23.3. The molecule has 0 bridgehead atoms. The second-order valence-corrected chi connectivity index (χ2v) is 13.3. The van der Waals surface area contributed by atoms with Gasteiger partial charge in [-0.05, 0) is 39.3 Å². The lowest BCUT2D eigenvalue weighted by atomic mass is 9.88. The van der Waals surface area contributed by atoms with E-state index in [0.717, 1.165) is 21.8 Å². The molecule has 1 spiro atoms. The fourth-order valence-corrected chi connectivity index (χ4v) is 8.84. The Morgan fingerprint density at radius 3 is 2.76 bits per heavy atom. The van der Waals surface area contributed by atoms with Gasteiger partial charge in [-0.15, -0.1) is 23.1 Å². The van der Waals surface area contributed by atoms with E-state index >= 15 is 0 Å². The van der Waals surface area contributed by atoms with E-state index < -0.39 is 12.0 Å². The van der Waals surface area contributed by atoms with E-state index in [1.165, 1.54) is 11.3 Å². The molecule has 15 heteroatoms. The number of thioether (sulfide) groups is 1. The minimum Gasteiger partial charge on any atom is -0.461 e. The molecule has 3 aliphatic rings. The van der Waals surface area contributed by atoms with Crippen LogP contribution in [-0.2, 0) is 10.5 Å². The van der Waals surface area contributed by atoms with Crippen molar-refractivity contribution in [3.63, 3.8) is 0 Å². The number of nitrogens with one attached hydrogen (secondary N) is 1. The molecule has 0 aliphatic carbocycles. The van der Waals surface area contributed by atoms with Gasteiger partial charge in [0.25, 0.3) is 6.43 Å². The van der Waals surface area contributed by atoms with Crippen LogP contribution < -0.4 is 31.3 Å². The SMILES string of the molecule is CCN(c1nc(OC[C@]2(C(F)F)CCCN2)nc(N2CC3(C2)SCc2sc(N)c(C#N)c23)n1)[C@H](C)c1cccnc1N. The van der Waals surface area contributed by atoms with E-state index in [9.17, 15) is 14.0 Å². The number of fused-ring (bicyclic) bond motifs is 2. The lowest BCUT2D eigenvalue weighted by Gasteiger charge is -2.47. The second kappa shape index (κ2) is 11.0. The van der Waals surface area contributed by atoms with Crippen molar-refractivity contribution in [2.24, 2.45) is 0 Å². The zero-order valence-corrected chi connectivity index (χ0v) is 24.9. The van der Waals surface area contributed by atoms with Gasteiger partial charge in [-0.1, -0.05) is 6.07 Å². The number of nitrogen functional groups attached to an aromatic ring is 2. The number of hydrogen-bond acceptors (Lipinski definition) is 13. The Morgan fingerprint density at radius 1 is 1.29 bits per heavy atom. The molecule has 6 heterocycles. The highest BCUT2D eigenvalue weighted by atomic mass is 32.2. The molecule has 11 nitrogen and oxygen atoms in total. The van der Waals surface area contributed by atoms with Gasteiger partial charge in [-0.3, -0.25) is 0 Å². The van der Waals surface area contributed by atoms with Gasteiger partial charge in [0.1, 0.15) is 29.0 Å². The molecular formula is C27H32F2N10OS2. The summed E-state index contributed by atoms with van der Waals surface area (Å²) in [6.07, 6.45) is -0.0248. The number of halogens is 2. The summed E-state index contributed by atoms with van der Waals surface area (Å²) in [5.41, 5.74) is 13.3. The Bertz CT molecular complexity index is 1520. The zero-order chi connectivity index (χ0) is 29.6. The van der Waals surface area contributed by atoms with Crippen LogP contribution in [0.15, 0.2) is 18.3 Å². The van der Waals surface area contributed by atoms with Crippen LogP contribution in [0.4, 0.5) is 31.5 Å². The molecule has 0 amide bonds. The van der Waals surface area contributed by atoms with Crippen molar-refractivity contribution >= 4 is 45.8 Å². The van der Waals surface area contributed by atoms with Crippen molar-refractivity contribution in [3.8, 4) is 12.1 Å². The number of alkyl halides is 2. The van der Waals surface area contributed by atoms with Gasteiger partial charge in [0.2, 0.25) is 11.9 Å². The number of pyridine rings is 1. The van der Waals surface area contributed by atoms with E-state index in [4.69, 9.17) is 21.2 Å². The summed E-state index contributed by atoms with van der Waals surface area (Å²) in [5.74, 6) is 1.93. The summed E-state index contributed by atoms with van der Waals surface area (Å²) < 4.78 is 33.7. The van der Waals surface area contributed by atoms with Gasteiger partial charge in [-0.25, -0.2) is 13.8 Å². The van der Waals surface area contributed by atoms with Crippen LogP contribution in [0.2, 0.25) is 0 Å². The predicted molar refractivity (Wildman–Crippen MR) is 160 cm³/mol. The summed E-state index contributed by atoms with van der Waals surface area (Å²) in [6, 6.07) is 5.75. The van der Waals surface area contributed by atoms with Crippen LogP contribution in [-0.4, -0.2) is 64.7 Å². The third-order valence-electron chi connectivity index (χ3n) is 8.36. The second-order valence-electron chi connectivity index (χ2n) is 10.8. The lowest BCUT2D eigenvalue weighted by Crippen LogP contribution is -2.57. The molecule has 0 saturated carbocycles. The molecule has 5 N–H and O–H groups in total. The maximum Gasteiger partial charge on any atom is 0.323 e. The first kappa shape index (κ1) is 28.6. The van der Waals surface area contributed by atoms with Crippen molar-refractivity contribution in [3.05, 3.63) is 39.9 Å². The Kier molecular flexibility index (Phi) is 7.48. The molecule has 3 aromatic rings. The highest BCUT2D eigenvalue weighted by Crippen LogP contribution is 2.57. The van der Waals surface area contributed by atoms with Crippen LogP contribution in [0.5, 0.6) is 6.01 Å². The number of aromatic nitrogens is 4. The van der Waals surface area contributed by atoms with Gasteiger partial charge in [0.05, 0.1) is 16.4 Å². The van der Waals surface area contributed by atoms with Gasteiger partial charge < -0.3 is 31.3 Å². The first-order valence-corrected chi connectivity index (χ1v) is 15.6. The average molecular weight is 615 g/mol. The van der Waals surface area contributed by atoms with E-state index in [1.54, 1.807) is 18.0 Å². The lowest BCUT2D eigenvalue weighted by molar-refractivity contribution is 0.0101. The number of rotatable bonds is 9. The van der Waals surface area contributed by atoms with Crippen LogP contribution in [0, 0.1) is 11.3 Å². The molecule has 2 fully saturated rings. The average Bonchev–Trinajstić information content (AvgIpc) is 3.66. The van der Waals surface area contributed by atoms with Gasteiger partial charge in [-0.2, -0.15) is 20.2 Å². The topological polar surface area (TPSA) is 155 Å². The molecule has 3 aromatic heterocycles. The highest BCUT2D eigenvalue weighted by Gasteiger charge is 2.53. The van der Waals surface area contributed by atoms with E-state index in [2.05, 4.69) is 26.3 Å². The van der Waals surface area contributed by atoms with Crippen LogP contribution in [0.25, 0.3) is 0 Å². The largest absolute Gasteiger partial charge is 0.461 e. The Morgan fingerprint density at radius 2 is 2.10 bits per heavy atom. The quantitative estimate of drug-likeness (QED) is 0.322. The summed E-state index contributed by atoms with van der Waals surface area (Å²) in [6.45, 7) is 5.85. The number of hydrogen-bond donors (Lipinski definition) is 3. The summed E-state index contributed by atoms with van der Waals surface area (Å²) in [5, 5.41) is 13.2. The standard InChI is InChI=1S/C27H32F2N10OS2/c1-3-39(15(2)16-6-4-8-33-20(16)31)24-35-23(36-25(37-24)40-14-26(22(28)29)7-5-9-34-26)38-12-27(13-38)19-17(10-30)21(32)42-18(19)11-41-27/h4,6,8,15,22,34H,3,5,7,9,11-14,32H2,1-2H3,(H2,31,33)/t15-,26+/m1/s1. The minimum absolute atomic E-state index is 0.0215. The number of nitrogens with zero attached hydrogens (tertiary/aromatic N) is 7. The third kappa shape index (κ3) is 4.75. The molecule has 2 atom stereocenters. The fraction of sp³-hybridized carbons (Fsp3) is 0.519. The van der Waals surface area contributed by atoms with E-state index in [0.29, 0.717) is 67.3 Å². The minimum atomic E-state index is -2.60. The predicted octanol–water partition coefficient (Wildman–Crippen LogP) is 3.68. The Balaban J connectivity index is 1.33. The first-order valence-electron chi connectivity index (χ1n) is 13.8. The Labute approximate surface area is 250 Å². The highest BCUT2D eigenvalue weighted by molar-refractivity contribution is 8.00. The van der Waals surface area contributed by atoms with Crippen LogP contribution in [0.3, 0.4) is 0 Å². The number of anilines is 4. The summed E-state index contributed by atoms with van der Waals surface area (Å²) in [7, 11) is 0. The molecule has 3 aliphatic heterocycles. The van der Waals surface area contributed by atoms with Crippen LogP contribution in [0.1, 0.15) is 54.3 Å². The molecule has 0 unspecified atom stereocenters. The first-order chi connectivity index (χ1) is 20.2. The van der Waals surface area contributed by atoms with Crippen molar-refractivity contribution in [2.75, 3.05) is 54.1 Å². The maximum atomic E-state index is 14.1. The normalized spacial score (nSPS) is 21.3. The van der Waals surface area contributed by atoms with Crippen molar-refractivity contribution in [1.82, 2.24) is 25.3 Å². The molecule has 0 radical (unpaired) electrons. The molecule has 0 aromatic carbocycles. The maximum absolute atomic E-state index is 14.1. The van der Waals surface area contributed by atoms with E-state index in [-0.39, 0.29) is 23.4 Å². The van der Waals surface area contributed by atoms with Crippen LogP contribution >= 0.6 is 23.1 Å². The monoisotopic (exact) mass is 614 g/mol. The number of nitrogens with two attached hydrogens (primary N) is 2. The van der Waals surface area contributed by atoms with Crippen molar-refractivity contribution in [2.45, 2.75) is 55.2 Å². The van der Waals surface area contributed by atoms with Gasteiger partial charge in [0.15, 0.2) is 0 Å². The molecule has 42 heavy (non-hydrogen) atoms. The third-order valence-corrected chi connectivity index (χ3v) is 11.0. The molecule has 2 saturated heterocycles. The fourth-order valence-electron chi connectivity index (χ4n) is 6.03. The number of nitriles is 1. The van der Waals surface area contributed by atoms with Crippen molar-refractivity contribution < 1.29 is 13.5 Å². The molecular weight excluding hydrogens is 582 g/mol. The van der Waals surface area contributed by atoms with Gasteiger partial charge in [0, 0.05) is 47.6 Å².